The van der Waals surface area contributed by atoms with Gasteiger partial charge in [0.25, 0.3) is 0 Å². The summed E-state index contributed by atoms with van der Waals surface area (Å²) < 4.78 is 12.0. The molecule has 0 aromatic heterocycles. The molecule has 0 atom stereocenters. The summed E-state index contributed by atoms with van der Waals surface area (Å²) >= 11 is 0. The van der Waals surface area contributed by atoms with Crippen LogP contribution in [0.1, 0.15) is 31.8 Å². The zero-order valence-corrected chi connectivity index (χ0v) is 22.5. The summed E-state index contributed by atoms with van der Waals surface area (Å²) in [5, 5.41) is 22.2. The summed E-state index contributed by atoms with van der Waals surface area (Å²) in [6, 6.07) is 35.9. The van der Waals surface area contributed by atoms with Gasteiger partial charge >= 0.3 is 11.9 Å². The minimum absolute atomic E-state index is 0.127. The van der Waals surface area contributed by atoms with Gasteiger partial charge in [0.05, 0.1) is 24.3 Å². The Morgan fingerprint density at radius 3 is 1.24 bits per heavy atom. The van der Waals surface area contributed by atoms with E-state index in [1.54, 1.807) is 60.7 Å². The molecule has 6 aromatic carbocycles. The Morgan fingerprint density at radius 2 is 0.857 bits per heavy atom. The molecule has 0 unspecified atom stereocenters. The van der Waals surface area contributed by atoms with Crippen LogP contribution in [-0.4, -0.2) is 22.2 Å². The molecule has 0 saturated heterocycles. The van der Waals surface area contributed by atoms with Gasteiger partial charge in [0.1, 0.15) is 11.5 Å². The van der Waals surface area contributed by atoms with Gasteiger partial charge in [-0.15, -0.1) is 0 Å². The molecule has 0 amide bonds. The van der Waals surface area contributed by atoms with Crippen molar-refractivity contribution in [2.24, 2.45) is 0 Å². The first-order chi connectivity index (χ1) is 20.6. The first-order valence-corrected chi connectivity index (χ1v) is 13.4. The molecule has 6 heteroatoms. The average molecular weight is 555 g/mol. The van der Waals surface area contributed by atoms with Crippen molar-refractivity contribution in [2.75, 3.05) is 0 Å². The Kier molecular flexibility index (Phi) is 7.47. The van der Waals surface area contributed by atoms with Crippen LogP contribution in [0.15, 0.2) is 121 Å². The maximum absolute atomic E-state index is 13.3. The molecule has 6 rings (SSSR count). The number of hydrogen-bond donors (Lipinski definition) is 2. The zero-order valence-electron chi connectivity index (χ0n) is 22.5. The van der Waals surface area contributed by atoms with Gasteiger partial charge in [0.15, 0.2) is 0 Å². The number of esters is 2. The monoisotopic (exact) mass is 554 g/mol. The van der Waals surface area contributed by atoms with Crippen molar-refractivity contribution in [3.8, 4) is 22.6 Å². The third-order valence-corrected chi connectivity index (χ3v) is 7.18. The summed E-state index contributed by atoms with van der Waals surface area (Å²) in [5.74, 6) is -0.491. The molecule has 2 N–H and O–H groups in total. The largest absolute Gasteiger partial charge is 0.422 e. The second-order valence-corrected chi connectivity index (χ2v) is 9.81. The predicted molar refractivity (Wildman–Crippen MR) is 162 cm³/mol. The summed E-state index contributed by atoms with van der Waals surface area (Å²) in [4.78, 5) is 26.6. The highest BCUT2D eigenvalue weighted by Gasteiger charge is 2.23. The van der Waals surface area contributed by atoms with Gasteiger partial charge in [-0.25, -0.2) is 9.59 Å². The van der Waals surface area contributed by atoms with Crippen molar-refractivity contribution in [2.45, 2.75) is 13.2 Å². The molecular formula is C36H26O6. The normalized spacial score (nSPS) is 11.0. The van der Waals surface area contributed by atoms with Crippen LogP contribution in [0.3, 0.4) is 0 Å². The maximum atomic E-state index is 13.3. The van der Waals surface area contributed by atoms with E-state index in [9.17, 15) is 19.8 Å². The zero-order chi connectivity index (χ0) is 29.1. The minimum atomic E-state index is -0.557. The minimum Gasteiger partial charge on any atom is -0.422 e. The molecule has 0 aliphatic heterocycles. The number of fused-ring (bicyclic) bond motifs is 2. The van der Waals surface area contributed by atoms with Gasteiger partial charge in [-0.2, -0.15) is 0 Å². The first-order valence-electron chi connectivity index (χ1n) is 13.4. The maximum Gasteiger partial charge on any atom is 0.343 e. The smallest absolute Gasteiger partial charge is 0.343 e. The Morgan fingerprint density at radius 1 is 0.476 bits per heavy atom. The highest BCUT2D eigenvalue weighted by Crippen LogP contribution is 2.45. The van der Waals surface area contributed by atoms with Crippen molar-refractivity contribution < 1.29 is 29.3 Å². The predicted octanol–water partition coefficient (Wildman–Crippen LogP) is 7.08. The summed E-state index contributed by atoms with van der Waals surface area (Å²) in [6.07, 6.45) is 0. The number of aliphatic hydroxyl groups excluding tert-OH is 2. The van der Waals surface area contributed by atoms with Crippen LogP contribution in [0.5, 0.6) is 11.5 Å². The number of carbonyl (C=O) groups excluding carboxylic acids is 2. The van der Waals surface area contributed by atoms with Gasteiger partial charge in [0, 0.05) is 11.1 Å². The van der Waals surface area contributed by atoms with Gasteiger partial charge in [-0.3, -0.25) is 0 Å². The van der Waals surface area contributed by atoms with Crippen molar-refractivity contribution in [1.82, 2.24) is 0 Å². The van der Waals surface area contributed by atoms with E-state index in [4.69, 9.17) is 9.47 Å². The highest BCUT2D eigenvalue weighted by atomic mass is 16.5. The third kappa shape index (κ3) is 5.24. The van der Waals surface area contributed by atoms with E-state index in [0.29, 0.717) is 44.9 Å². The fraction of sp³-hybridized carbons (Fsp3) is 0.0556. The Bertz CT molecular complexity index is 1780. The van der Waals surface area contributed by atoms with E-state index in [0.717, 1.165) is 21.5 Å². The SMILES string of the molecule is O=C(Oc1ccc2ccccc2c1-c1c(OC(=O)c2ccc(CO)cc2)ccc2ccccc12)c1ccc(CO)cc1. The van der Waals surface area contributed by atoms with Gasteiger partial charge in [-0.05, 0) is 69.1 Å². The summed E-state index contributed by atoms with van der Waals surface area (Å²) in [5.41, 5.74) is 3.27. The quantitative estimate of drug-likeness (QED) is 0.162. The van der Waals surface area contributed by atoms with Crippen molar-refractivity contribution in [3.63, 3.8) is 0 Å². The van der Waals surface area contributed by atoms with Crippen LogP contribution < -0.4 is 9.47 Å². The average Bonchev–Trinajstić information content (AvgIpc) is 3.05. The van der Waals surface area contributed by atoms with Crippen molar-refractivity contribution >= 4 is 33.5 Å². The number of hydrogen-bond acceptors (Lipinski definition) is 6. The molecule has 206 valence electrons. The lowest BCUT2D eigenvalue weighted by Crippen LogP contribution is -2.11. The second kappa shape index (κ2) is 11.7. The molecule has 0 aliphatic rings. The third-order valence-electron chi connectivity index (χ3n) is 7.18. The van der Waals surface area contributed by atoms with Crippen LogP contribution in [0.4, 0.5) is 0 Å². The number of rotatable bonds is 7. The molecule has 6 aromatic rings. The lowest BCUT2D eigenvalue weighted by Gasteiger charge is -2.19. The first kappa shape index (κ1) is 26.9. The Labute approximate surface area is 242 Å². The van der Waals surface area contributed by atoms with Crippen LogP contribution >= 0.6 is 0 Å². The van der Waals surface area contributed by atoms with E-state index in [2.05, 4.69) is 0 Å². The van der Waals surface area contributed by atoms with Crippen molar-refractivity contribution in [1.29, 1.82) is 0 Å². The molecule has 0 aliphatic carbocycles. The fourth-order valence-electron chi connectivity index (χ4n) is 5.00. The fourth-order valence-corrected chi connectivity index (χ4v) is 5.00. The molecule has 42 heavy (non-hydrogen) atoms. The van der Waals surface area contributed by atoms with Crippen LogP contribution in [-0.2, 0) is 13.2 Å². The number of aliphatic hydroxyl groups is 2. The van der Waals surface area contributed by atoms with Gasteiger partial charge in [-0.1, -0.05) is 84.9 Å². The van der Waals surface area contributed by atoms with Crippen LogP contribution in [0.2, 0.25) is 0 Å². The molecule has 0 radical (unpaired) electrons. The van der Waals surface area contributed by atoms with Crippen LogP contribution in [0, 0.1) is 0 Å². The van der Waals surface area contributed by atoms with Crippen molar-refractivity contribution in [3.05, 3.63) is 144 Å². The number of ether oxygens (including phenoxy) is 2. The topological polar surface area (TPSA) is 93.1 Å². The highest BCUT2D eigenvalue weighted by molar-refractivity contribution is 6.11. The summed E-state index contributed by atoms with van der Waals surface area (Å²) in [6.45, 7) is -0.253. The second-order valence-electron chi connectivity index (χ2n) is 9.81. The summed E-state index contributed by atoms with van der Waals surface area (Å²) in [7, 11) is 0. The standard InChI is InChI=1S/C36H26O6/c37-21-23-9-13-27(14-10-23)35(39)41-31-19-17-25-5-1-3-7-29(25)33(31)34-30-8-4-2-6-26(30)18-20-32(34)42-36(40)28-15-11-24(22-38)12-16-28/h1-20,37-38H,21-22H2. The Balaban J connectivity index is 1.52. The number of benzene rings is 6. The Hall–Kier alpha value is -5.30. The molecular weight excluding hydrogens is 528 g/mol. The molecule has 6 nitrogen and oxygen atoms in total. The van der Waals surface area contributed by atoms with E-state index >= 15 is 0 Å². The molecule has 0 saturated carbocycles. The van der Waals surface area contributed by atoms with E-state index in [-0.39, 0.29) is 13.2 Å². The van der Waals surface area contributed by atoms with Gasteiger partial charge in [0.2, 0.25) is 0 Å². The number of carbonyl (C=O) groups is 2. The van der Waals surface area contributed by atoms with E-state index < -0.39 is 11.9 Å². The lowest BCUT2D eigenvalue weighted by atomic mass is 9.92. The van der Waals surface area contributed by atoms with Gasteiger partial charge < -0.3 is 19.7 Å². The lowest BCUT2D eigenvalue weighted by molar-refractivity contribution is 0.0723. The molecule has 0 bridgehead atoms. The molecule has 0 heterocycles. The molecule has 0 spiro atoms. The van der Waals surface area contributed by atoms with E-state index in [1.807, 2.05) is 60.7 Å². The van der Waals surface area contributed by atoms with Crippen LogP contribution in [0.25, 0.3) is 32.7 Å². The van der Waals surface area contributed by atoms with E-state index in [1.165, 1.54) is 0 Å². The molecule has 0 fully saturated rings.